The molecule has 0 aliphatic heterocycles. The summed E-state index contributed by atoms with van der Waals surface area (Å²) >= 11 is 0. The highest BCUT2D eigenvalue weighted by Gasteiger charge is 2.06. The Hall–Kier alpha value is -1.31. The smallest absolute Gasteiger partial charge is 0.224 e. The third kappa shape index (κ3) is 5.03. The highest BCUT2D eigenvalue weighted by atomic mass is 16.1. The fraction of sp³-hybridized carbons (Fsp3) is 0.533. The summed E-state index contributed by atoms with van der Waals surface area (Å²) in [5, 5.41) is 2.98. The summed E-state index contributed by atoms with van der Waals surface area (Å²) in [6.07, 6.45) is 1.59. The van der Waals surface area contributed by atoms with Crippen LogP contribution in [0.1, 0.15) is 37.0 Å². The maximum atomic E-state index is 11.7. The van der Waals surface area contributed by atoms with Gasteiger partial charge in [0.1, 0.15) is 0 Å². The monoisotopic (exact) mass is 233 g/mol. The van der Waals surface area contributed by atoms with Gasteiger partial charge in [-0.05, 0) is 25.3 Å². The van der Waals surface area contributed by atoms with Crippen LogP contribution in [0.2, 0.25) is 0 Å². The Labute approximate surface area is 104 Å². The van der Waals surface area contributed by atoms with Crippen molar-refractivity contribution in [1.82, 2.24) is 5.32 Å². The van der Waals surface area contributed by atoms with Gasteiger partial charge in [-0.3, -0.25) is 4.79 Å². The highest BCUT2D eigenvalue weighted by Crippen LogP contribution is 2.09. The van der Waals surface area contributed by atoms with E-state index >= 15 is 0 Å². The first-order chi connectivity index (χ1) is 8.01. The van der Waals surface area contributed by atoms with Gasteiger partial charge in [-0.2, -0.15) is 0 Å². The molecule has 0 bridgehead atoms. The van der Waals surface area contributed by atoms with Crippen LogP contribution in [0.3, 0.4) is 0 Å². The lowest BCUT2D eigenvalue weighted by molar-refractivity contribution is -0.120. The van der Waals surface area contributed by atoms with Gasteiger partial charge in [-0.1, -0.05) is 49.6 Å². The maximum Gasteiger partial charge on any atom is 0.224 e. The van der Waals surface area contributed by atoms with Crippen LogP contribution in [0, 0.1) is 19.8 Å². The topological polar surface area (TPSA) is 29.1 Å². The zero-order valence-electron chi connectivity index (χ0n) is 11.3. The Balaban J connectivity index is 2.50. The quantitative estimate of drug-likeness (QED) is 0.832. The van der Waals surface area contributed by atoms with Crippen molar-refractivity contribution in [3.8, 4) is 0 Å². The second-order valence-electron chi connectivity index (χ2n) is 4.99. The average Bonchev–Trinajstić information content (AvgIpc) is 2.24. The molecule has 0 fully saturated rings. The van der Waals surface area contributed by atoms with E-state index in [2.05, 4.69) is 51.2 Å². The van der Waals surface area contributed by atoms with E-state index in [0.717, 1.165) is 18.5 Å². The largest absolute Gasteiger partial charge is 0.356 e. The number of carbonyl (C=O) groups is 1. The van der Waals surface area contributed by atoms with E-state index in [9.17, 15) is 4.79 Å². The summed E-state index contributed by atoms with van der Waals surface area (Å²) in [5.74, 6) is 0.675. The fourth-order valence-corrected chi connectivity index (χ4v) is 1.85. The summed E-state index contributed by atoms with van der Waals surface area (Å²) in [5.41, 5.74) is 3.54. The van der Waals surface area contributed by atoms with Crippen molar-refractivity contribution in [2.45, 2.75) is 40.5 Å². The molecule has 1 amide bonds. The van der Waals surface area contributed by atoms with Crippen molar-refractivity contribution in [3.05, 3.63) is 34.9 Å². The predicted octanol–water partition coefficient (Wildman–Crippen LogP) is 3.01. The SMILES string of the molecule is CCC(C)CNC(=O)Cc1cc(C)cc(C)c1. The minimum atomic E-state index is 0.121. The third-order valence-corrected chi connectivity index (χ3v) is 2.99. The van der Waals surface area contributed by atoms with Crippen molar-refractivity contribution in [2.24, 2.45) is 5.92 Å². The third-order valence-electron chi connectivity index (χ3n) is 2.99. The molecule has 94 valence electrons. The maximum absolute atomic E-state index is 11.7. The van der Waals surface area contributed by atoms with Gasteiger partial charge < -0.3 is 5.32 Å². The normalized spacial score (nSPS) is 12.2. The number of rotatable bonds is 5. The molecule has 0 radical (unpaired) electrons. The Bertz CT molecular complexity index is 364. The molecule has 0 heterocycles. The molecular weight excluding hydrogens is 210 g/mol. The van der Waals surface area contributed by atoms with Crippen molar-refractivity contribution >= 4 is 5.91 Å². The second kappa shape index (κ2) is 6.43. The molecule has 0 saturated heterocycles. The van der Waals surface area contributed by atoms with Crippen LogP contribution in [0.5, 0.6) is 0 Å². The van der Waals surface area contributed by atoms with E-state index in [4.69, 9.17) is 0 Å². The van der Waals surface area contributed by atoms with Gasteiger partial charge in [-0.25, -0.2) is 0 Å². The Morgan fingerprint density at radius 3 is 2.35 bits per heavy atom. The molecule has 1 aromatic carbocycles. The number of hydrogen-bond acceptors (Lipinski definition) is 1. The van der Waals surface area contributed by atoms with Gasteiger partial charge in [0, 0.05) is 6.54 Å². The van der Waals surface area contributed by atoms with E-state index in [-0.39, 0.29) is 5.91 Å². The number of aryl methyl sites for hydroxylation is 2. The van der Waals surface area contributed by atoms with Crippen LogP contribution in [-0.2, 0) is 11.2 Å². The van der Waals surface area contributed by atoms with Crippen molar-refractivity contribution in [2.75, 3.05) is 6.54 Å². The molecule has 1 N–H and O–H groups in total. The second-order valence-corrected chi connectivity index (χ2v) is 4.99. The van der Waals surface area contributed by atoms with Crippen LogP contribution < -0.4 is 5.32 Å². The number of hydrogen-bond donors (Lipinski definition) is 1. The minimum Gasteiger partial charge on any atom is -0.356 e. The summed E-state index contributed by atoms with van der Waals surface area (Å²) in [4.78, 5) is 11.7. The van der Waals surface area contributed by atoms with Gasteiger partial charge in [0.15, 0.2) is 0 Å². The average molecular weight is 233 g/mol. The number of benzene rings is 1. The van der Waals surface area contributed by atoms with Gasteiger partial charge in [-0.15, -0.1) is 0 Å². The first-order valence-corrected chi connectivity index (χ1v) is 6.35. The standard InChI is InChI=1S/C15H23NO/c1-5-11(2)10-16-15(17)9-14-7-12(3)6-13(4)8-14/h6-8,11H,5,9-10H2,1-4H3,(H,16,17). The molecular formula is C15H23NO. The molecule has 0 aromatic heterocycles. The van der Waals surface area contributed by atoms with Gasteiger partial charge >= 0.3 is 0 Å². The molecule has 1 unspecified atom stereocenters. The Morgan fingerprint density at radius 1 is 1.24 bits per heavy atom. The summed E-state index contributed by atoms with van der Waals surface area (Å²) in [6, 6.07) is 6.28. The lowest BCUT2D eigenvalue weighted by atomic mass is 10.0. The molecule has 1 aromatic rings. The van der Waals surface area contributed by atoms with E-state index in [1.165, 1.54) is 11.1 Å². The molecule has 2 heteroatoms. The van der Waals surface area contributed by atoms with E-state index in [1.54, 1.807) is 0 Å². The first-order valence-electron chi connectivity index (χ1n) is 6.35. The van der Waals surface area contributed by atoms with Crippen molar-refractivity contribution in [3.63, 3.8) is 0 Å². The lowest BCUT2D eigenvalue weighted by Gasteiger charge is -2.10. The molecule has 17 heavy (non-hydrogen) atoms. The summed E-state index contributed by atoms with van der Waals surface area (Å²) in [7, 11) is 0. The zero-order chi connectivity index (χ0) is 12.8. The van der Waals surface area contributed by atoms with Gasteiger partial charge in [0.2, 0.25) is 5.91 Å². The van der Waals surface area contributed by atoms with Crippen LogP contribution in [0.4, 0.5) is 0 Å². The van der Waals surface area contributed by atoms with Crippen LogP contribution in [0.15, 0.2) is 18.2 Å². The number of carbonyl (C=O) groups excluding carboxylic acids is 1. The van der Waals surface area contributed by atoms with Crippen LogP contribution in [-0.4, -0.2) is 12.5 Å². The number of amides is 1. The summed E-state index contributed by atoms with van der Waals surface area (Å²) < 4.78 is 0. The summed E-state index contributed by atoms with van der Waals surface area (Å²) in [6.45, 7) is 9.19. The molecule has 2 nitrogen and oxygen atoms in total. The Morgan fingerprint density at radius 2 is 1.82 bits per heavy atom. The highest BCUT2D eigenvalue weighted by molar-refractivity contribution is 5.78. The van der Waals surface area contributed by atoms with Crippen molar-refractivity contribution < 1.29 is 4.79 Å². The number of nitrogens with one attached hydrogen (secondary N) is 1. The van der Waals surface area contributed by atoms with Gasteiger partial charge in [0.25, 0.3) is 0 Å². The molecule has 0 aliphatic carbocycles. The molecule has 0 saturated carbocycles. The molecule has 1 atom stereocenters. The van der Waals surface area contributed by atoms with Crippen LogP contribution in [0.25, 0.3) is 0 Å². The predicted molar refractivity (Wildman–Crippen MR) is 72.1 cm³/mol. The molecule has 0 aliphatic rings. The van der Waals surface area contributed by atoms with Gasteiger partial charge in [0.05, 0.1) is 6.42 Å². The van der Waals surface area contributed by atoms with Crippen LogP contribution >= 0.6 is 0 Å². The van der Waals surface area contributed by atoms with E-state index in [0.29, 0.717) is 12.3 Å². The van der Waals surface area contributed by atoms with Crippen molar-refractivity contribution in [1.29, 1.82) is 0 Å². The Kier molecular flexibility index (Phi) is 5.20. The van der Waals surface area contributed by atoms with E-state index < -0.39 is 0 Å². The van der Waals surface area contributed by atoms with E-state index in [1.807, 2.05) is 0 Å². The molecule has 1 rings (SSSR count). The first kappa shape index (κ1) is 13.8. The minimum absolute atomic E-state index is 0.121. The fourth-order valence-electron chi connectivity index (χ4n) is 1.85. The lowest BCUT2D eigenvalue weighted by Crippen LogP contribution is -2.29. The molecule has 0 spiro atoms. The zero-order valence-corrected chi connectivity index (χ0v) is 11.3.